The highest BCUT2D eigenvalue weighted by atomic mass is 19.4. The predicted octanol–water partition coefficient (Wildman–Crippen LogP) is 2.21. The number of alkyl halides is 3. The molecule has 2 aliphatic carbocycles. The molecule has 2 saturated carbocycles. The number of aromatic nitrogens is 3. The summed E-state index contributed by atoms with van der Waals surface area (Å²) < 4.78 is 60.1. The lowest BCUT2D eigenvalue weighted by atomic mass is 9.84. The van der Waals surface area contributed by atoms with Crippen LogP contribution in [0.15, 0.2) is 48.8 Å². The van der Waals surface area contributed by atoms with Crippen LogP contribution in [0.3, 0.4) is 0 Å². The van der Waals surface area contributed by atoms with Crippen molar-refractivity contribution in [3.8, 4) is 17.0 Å². The zero-order valence-corrected chi connectivity index (χ0v) is 29.5. The summed E-state index contributed by atoms with van der Waals surface area (Å²) in [5.41, 5.74) is 1.74. The van der Waals surface area contributed by atoms with Crippen LogP contribution in [0.5, 0.6) is 5.75 Å². The van der Waals surface area contributed by atoms with E-state index in [2.05, 4.69) is 25.5 Å². The van der Waals surface area contributed by atoms with Crippen molar-refractivity contribution >= 4 is 23.3 Å². The van der Waals surface area contributed by atoms with Crippen LogP contribution in [0.25, 0.3) is 11.3 Å². The first-order chi connectivity index (χ1) is 26.0. The third-order valence-corrected chi connectivity index (χ3v) is 9.92. The minimum atomic E-state index is -4.83. The van der Waals surface area contributed by atoms with Gasteiger partial charge in [0.1, 0.15) is 11.6 Å². The molecule has 0 unspecified atom stereocenters. The number of hydrogen-bond donors (Lipinski definition) is 5. The summed E-state index contributed by atoms with van der Waals surface area (Å²) in [5.74, 6) is -0.939. The van der Waals surface area contributed by atoms with Gasteiger partial charge in [-0.25, -0.2) is 4.98 Å². The number of carbonyl (C=O) groups excluding carboxylic acids is 2. The standard InChI is InChI=1S/C36H45F3N6O9/c37-36(38,39)54-26-3-1-24(2-4-26)43-34(49)23-19-29(33(41-20-23)44-9-6-25(46)21-44)30-5-7-42-45(30)10-12-52-14-16-53-15-13-51-11-8-40-35(50)28-18-22-17-27(28)32(48)31(22)47/h1-5,7,19-20,22,25,27-28,31-32,46-48H,6,8-18,21H2,(H,40,50)(H,43,49)/t22-,25+,27+,28-,31-,32+/m0/s1. The molecule has 6 rings (SSSR count). The Hall–Kier alpha value is -4.33. The number of nitrogens with one attached hydrogen (secondary N) is 2. The van der Waals surface area contributed by atoms with E-state index in [0.29, 0.717) is 102 Å². The maximum Gasteiger partial charge on any atom is 0.573 e. The van der Waals surface area contributed by atoms with Crippen molar-refractivity contribution in [2.24, 2.45) is 17.8 Å². The number of pyridine rings is 1. The molecule has 3 heterocycles. The van der Waals surface area contributed by atoms with Gasteiger partial charge in [0, 0.05) is 49.2 Å². The Labute approximate surface area is 309 Å². The minimum absolute atomic E-state index is 0.00822. The molecular weight excluding hydrogens is 717 g/mol. The van der Waals surface area contributed by atoms with Crippen LogP contribution in [-0.2, 0) is 25.5 Å². The van der Waals surface area contributed by atoms with Gasteiger partial charge in [-0.05, 0) is 67.5 Å². The van der Waals surface area contributed by atoms with Crippen LogP contribution in [-0.4, -0.2) is 126 Å². The van der Waals surface area contributed by atoms with Gasteiger partial charge in [-0.3, -0.25) is 14.3 Å². The summed E-state index contributed by atoms with van der Waals surface area (Å²) in [7, 11) is 0. The Morgan fingerprint density at radius 2 is 1.65 bits per heavy atom. The third-order valence-electron chi connectivity index (χ3n) is 9.92. The van der Waals surface area contributed by atoms with Gasteiger partial charge in [-0.15, -0.1) is 13.2 Å². The largest absolute Gasteiger partial charge is 0.573 e. The molecule has 294 valence electrons. The Morgan fingerprint density at radius 1 is 0.926 bits per heavy atom. The lowest BCUT2D eigenvalue weighted by Crippen LogP contribution is -2.43. The van der Waals surface area contributed by atoms with Crippen LogP contribution >= 0.6 is 0 Å². The molecule has 3 aliphatic rings. The molecule has 2 aromatic heterocycles. The van der Waals surface area contributed by atoms with Gasteiger partial charge in [0.25, 0.3) is 5.91 Å². The molecule has 1 aliphatic heterocycles. The predicted molar refractivity (Wildman–Crippen MR) is 187 cm³/mol. The topological polar surface area (TPSA) is 190 Å². The molecule has 3 fully saturated rings. The van der Waals surface area contributed by atoms with Crippen molar-refractivity contribution in [1.82, 2.24) is 20.1 Å². The second-order valence-corrected chi connectivity index (χ2v) is 13.6. The quantitative estimate of drug-likeness (QED) is 0.119. The Kier molecular flexibility index (Phi) is 13.0. The molecule has 15 nitrogen and oxygen atoms in total. The molecule has 0 radical (unpaired) electrons. The Bertz CT molecular complexity index is 1710. The zero-order chi connectivity index (χ0) is 38.2. The van der Waals surface area contributed by atoms with E-state index in [-0.39, 0.29) is 34.9 Å². The average Bonchev–Trinajstić information content (AvgIpc) is 3.95. The molecule has 18 heteroatoms. The van der Waals surface area contributed by atoms with Crippen LogP contribution in [0.1, 0.15) is 29.6 Å². The number of amides is 2. The van der Waals surface area contributed by atoms with Crippen molar-refractivity contribution in [2.45, 2.75) is 50.5 Å². The SMILES string of the molecule is O=C(Nc1ccc(OC(F)(F)F)cc1)c1cnc(N2CC[C@@H](O)C2)c(-c2ccnn2CCOCCOCCOCCNC(=O)[C@H]2C[C@@H]3C[C@H]2[C@@H](O)[C@H]3O)c1. The van der Waals surface area contributed by atoms with E-state index in [4.69, 9.17) is 14.2 Å². The number of β-amino-alcohol motifs (C(OH)–C–C–N with tert-alkyl or cyclic N) is 1. The third kappa shape index (κ3) is 10.0. The first-order valence-electron chi connectivity index (χ1n) is 18.0. The zero-order valence-electron chi connectivity index (χ0n) is 29.5. The fourth-order valence-electron chi connectivity index (χ4n) is 7.31. The van der Waals surface area contributed by atoms with E-state index in [1.54, 1.807) is 23.0 Å². The van der Waals surface area contributed by atoms with E-state index in [1.807, 2.05) is 4.90 Å². The number of hydrogen-bond acceptors (Lipinski definition) is 12. The van der Waals surface area contributed by atoms with Crippen molar-refractivity contribution < 1.29 is 57.0 Å². The van der Waals surface area contributed by atoms with E-state index >= 15 is 0 Å². The summed E-state index contributed by atoms with van der Waals surface area (Å²) in [6, 6.07) is 8.25. The summed E-state index contributed by atoms with van der Waals surface area (Å²) in [6.45, 7) is 3.66. The monoisotopic (exact) mass is 762 g/mol. The summed E-state index contributed by atoms with van der Waals surface area (Å²) in [4.78, 5) is 32.2. The number of aliphatic hydroxyl groups is 3. The molecule has 2 amide bonds. The molecule has 54 heavy (non-hydrogen) atoms. The van der Waals surface area contributed by atoms with Crippen molar-refractivity contribution in [2.75, 3.05) is 69.5 Å². The van der Waals surface area contributed by atoms with Gasteiger partial charge in [0.15, 0.2) is 0 Å². The van der Waals surface area contributed by atoms with E-state index < -0.39 is 36.3 Å². The summed E-state index contributed by atoms with van der Waals surface area (Å²) in [5, 5.41) is 40.1. The maximum atomic E-state index is 13.2. The van der Waals surface area contributed by atoms with Crippen molar-refractivity contribution in [3.05, 3.63) is 54.4 Å². The van der Waals surface area contributed by atoms with Gasteiger partial charge in [-0.2, -0.15) is 5.10 Å². The molecule has 1 saturated heterocycles. The van der Waals surface area contributed by atoms with Gasteiger partial charge in [-0.1, -0.05) is 0 Å². The number of benzene rings is 1. The van der Waals surface area contributed by atoms with Gasteiger partial charge in [0.2, 0.25) is 5.91 Å². The molecule has 6 atom stereocenters. The van der Waals surface area contributed by atoms with E-state index in [0.717, 1.165) is 12.1 Å². The number of nitrogens with zero attached hydrogens (tertiary/aromatic N) is 4. The first-order valence-corrected chi connectivity index (χ1v) is 18.0. The Balaban J connectivity index is 0.929. The fourth-order valence-corrected chi connectivity index (χ4v) is 7.31. The van der Waals surface area contributed by atoms with Crippen LogP contribution in [0.2, 0.25) is 0 Å². The highest BCUT2D eigenvalue weighted by molar-refractivity contribution is 6.05. The number of carbonyl (C=O) groups is 2. The van der Waals surface area contributed by atoms with Crippen LogP contribution in [0.4, 0.5) is 24.7 Å². The lowest BCUT2D eigenvalue weighted by molar-refractivity contribution is -0.274. The van der Waals surface area contributed by atoms with Gasteiger partial charge < -0.3 is 49.8 Å². The maximum absolute atomic E-state index is 13.2. The number of fused-ring (bicyclic) bond motifs is 2. The molecule has 5 N–H and O–H groups in total. The first kappa shape index (κ1) is 39.4. The summed E-state index contributed by atoms with van der Waals surface area (Å²) >= 11 is 0. The average molecular weight is 763 g/mol. The van der Waals surface area contributed by atoms with Gasteiger partial charge >= 0.3 is 6.36 Å². The fraction of sp³-hybridized carbons (Fsp3) is 0.556. The second kappa shape index (κ2) is 17.9. The molecule has 1 aromatic carbocycles. The lowest BCUT2D eigenvalue weighted by Gasteiger charge is -2.28. The molecule has 2 bridgehead atoms. The summed E-state index contributed by atoms with van der Waals surface area (Å²) in [6.07, 6.45) is -2.02. The molecular formula is C36H45F3N6O9. The minimum Gasteiger partial charge on any atom is -0.406 e. The van der Waals surface area contributed by atoms with Crippen molar-refractivity contribution in [3.63, 3.8) is 0 Å². The smallest absolute Gasteiger partial charge is 0.406 e. The number of ether oxygens (including phenoxy) is 4. The van der Waals surface area contributed by atoms with Crippen LogP contribution in [0, 0.1) is 17.8 Å². The highest BCUT2D eigenvalue weighted by Gasteiger charge is 2.53. The number of aliphatic hydroxyl groups excluding tert-OH is 3. The molecule has 0 spiro atoms. The highest BCUT2D eigenvalue weighted by Crippen LogP contribution is 2.48. The Morgan fingerprint density at radius 3 is 2.31 bits per heavy atom. The molecule has 3 aromatic rings. The number of halogens is 3. The number of anilines is 2. The van der Waals surface area contributed by atoms with E-state index in [9.17, 15) is 38.1 Å². The van der Waals surface area contributed by atoms with E-state index in [1.165, 1.54) is 18.3 Å². The van der Waals surface area contributed by atoms with Crippen LogP contribution < -0.4 is 20.3 Å². The van der Waals surface area contributed by atoms with Gasteiger partial charge in [0.05, 0.1) is 75.8 Å². The van der Waals surface area contributed by atoms with Crippen molar-refractivity contribution in [1.29, 1.82) is 0 Å². The normalized spacial score (nSPS) is 23.6. The number of rotatable bonds is 18. The second-order valence-electron chi connectivity index (χ2n) is 13.6.